The third-order valence-electron chi connectivity index (χ3n) is 5.53. The van der Waals surface area contributed by atoms with Crippen molar-refractivity contribution in [3.63, 3.8) is 0 Å². The Kier molecular flexibility index (Phi) is 7.12. The van der Waals surface area contributed by atoms with Crippen molar-refractivity contribution in [3.05, 3.63) is 71.8 Å². The van der Waals surface area contributed by atoms with Gasteiger partial charge in [0.05, 0.1) is 31.6 Å². The van der Waals surface area contributed by atoms with Crippen LogP contribution in [0.15, 0.2) is 60.7 Å². The Labute approximate surface area is 193 Å². The maximum Gasteiger partial charge on any atom is 0.338 e. The first-order valence-electron chi connectivity index (χ1n) is 10.9. The summed E-state index contributed by atoms with van der Waals surface area (Å²) in [4.78, 5) is 30.4. The van der Waals surface area contributed by atoms with E-state index < -0.39 is 5.97 Å². The second-order valence-electron chi connectivity index (χ2n) is 7.96. The van der Waals surface area contributed by atoms with E-state index in [0.29, 0.717) is 17.1 Å². The van der Waals surface area contributed by atoms with Gasteiger partial charge in [-0.15, -0.1) is 0 Å². The van der Waals surface area contributed by atoms with E-state index >= 15 is 0 Å². The summed E-state index contributed by atoms with van der Waals surface area (Å²) in [6.07, 6.45) is 0. The van der Waals surface area contributed by atoms with Gasteiger partial charge in [-0.2, -0.15) is 0 Å². The van der Waals surface area contributed by atoms with Crippen molar-refractivity contribution in [2.75, 3.05) is 38.7 Å². The van der Waals surface area contributed by atoms with E-state index in [1.165, 1.54) is 25.7 Å². The van der Waals surface area contributed by atoms with E-state index in [9.17, 15) is 9.59 Å². The Bertz CT molecular complexity index is 1120. The van der Waals surface area contributed by atoms with Crippen molar-refractivity contribution in [3.8, 4) is 22.4 Å². The predicted octanol–water partition coefficient (Wildman–Crippen LogP) is 3.99. The third-order valence-corrected chi connectivity index (χ3v) is 5.53. The van der Waals surface area contributed by atoms with Crippen LogP contribution in [0.1, 0.15) is 22.8 Å². The van der Waals surface area contributed by atoms with E-state index in [4.69, 9.17) is 9.47 Å². The van der Waals surface area contributed by atoms with Gasteiger partial charge in [0.2, 0.25) is 5.91 Å². The first kappa shape index (κ1) is 22.6. The van der Waals surface area contributed by atoms with E-state index in [2.05, 4.69) is 39.5 Å². The van der Waals surface area contributed by atoms with Crippen LogP contribution < -0.4 is 5.32 Å². The number of carbonyl (C=O) groups is 2. The van der Waals surface area contributed by atoms with Crippen LogP contribution in [0, 0.1) is 0 Å². The molecule has 0 radical (unpaired) electrons. The fourth-order valence-corrected chi connectivity index (χ4v) is 3.81. The average molecular weight is 446 g/mol. The molecule has 1 aliphatic rings. The highest BCUT2D eigenvalue weighted by Crippen LogP contribution is 2.26. The quantitative estimate of drug-likeness (QED) is 0.578. The predicted molar refractivity (Wildman–Crippen MR) is 127 cm³/mol. The molecule has 1 saturated heterocycles. The third kappa shape index (κ3) is 5.83. The molecule has 4 rings (SSSR count). The molecule has 1 amide bonds. The van der Waals surface area contributed by atoms with E-state index in [1.807, 2.05) is 24.3 Å². The number of anilines is 1. The lowest BCUT2D eigenvalue weighted by Crippen LogP contribution is -2.35. The molecule has 7 nitrogen and oxygen atoms in total. The van der Waals surface area contributed by atoms with Gasteiger partial charge in [0, 0.05) is 32.1 Å². The molecule has 0 aliphatic carbocycles. The van der Waals surface area contributed by atoms with Crippen LogP contribution in [0.5, 0.6) is 0 Å². The number of pyridine rings is 1. The largest absolute Gasteiger partial charge is 0.465 e. The summed E-state index contributed by atoms with van der Waals surface area (Å²) in [7, 11) is 1.32. The number of nitrogens with one attached hydrogen (secondary N) is 1. The monoisotopic (exact) mass is 445 g/mol. The molecule has 1 N–H and O–H groups in total. The van der Waals surface area contributed by atoms with Gasteiger partial charge in [-0.1, -0.05) is 48.5 Å². The lowest BCUT2D eigenvalue weighted by molar-refractivity contribution is -0.114. The van der Waals surface area contributed by atoms with Gasteiger partial charge in [-0.3, -0.25) is 9.69 Å². The molecule has 2 heterocycles. The number of hydrogen-bond acceptors (Lipinski definition) is 6. The van der Waals surface area contributed by atoms with Crippen LogP contribution in [0.25, 0.3) is 22.4 Å². The summed E-state index contributed by atoms with van der Waals surface area (Å²) in [5, 5.41) is 2.64. The zero-order chi connectivity index (χ0) is 23.2. The van der Waals surface area contributed by atoms with Gasteiger partial charge in [0.25, 0.3) is 0 Å². The number of rotatable bonds is 6. The lowest BCUT2D eigenvalue weighted by atomic mass is 10.0. The minimum Gasteiger partial charge on any atom is -0.465 e. The van der Waals surface area contributed by atoms with Crippen LogP contribution in [-0.2, 0) is 20.8 Å². The van der Waals surface area contributed by atoms with Crippen LogP contribution in [0.4, 0.5) is 5.82 Å². The summed E-state index contributed by atoms with van der Waals surface area (Å²) >= 11 is 0. The average Bonchev–Trinajstić information content (AvgIpc) is 2.84. The standard InChI is InChI=1S/C26H27N3O4/c1-18(30)27-25-16-23(26(31)32-2)15-24(28-25)22-9-7-21(8-10-22)20-5-3-19(4-6-20)17-29-11-13-33-14-12-29/h3-10,15-16H,11-14,17H2,1-2H3,(H,27,28,30). The van der Waals surface area contributed by atoms with Gasteiger partial charge >= 0.3 is 5.97 Å². The number of methoxy groups -OCH3 is 1. The smallest absolute Gasteiger partial charge is 0.338 e. The second-order valence-corrected chi connectivity index (χ2v) is 7.96. The minimum atomic E-state index is -0.487. The Morgan fingerprint density at radius 1 is 0.970 bits per heavy atom. The fraction of sp³-hybridized carbons (Fsp3) is 0.269. The van der Waals surface area contributed by atoms with Crippen molar-refractivity contribution in [2.24, 2.45) is 0 Å². The molecule has 7 heteroatoms. The molecule has 1 aromatic heterocycles. The number of esters is 1. The first-order valence-corrected chi connectivity index (χ1v) is 10.9. The van der Waals surface area contributed by atoms with Gasteiger partial charge < -0.3 is 14.8 Å². The highest BCUT2D eigenvalue weighted by molar-refractivity contribution is 5.94. The molecule has 1 aliphatic heterocycles. The van der Waals surface area contributed by atoms with Gasteiger partial charge in [-0.25, -0.2) is 9.78 Å². The molecule has 3 aromatic rings. The molecule has 0 spiro atoms. The van der Waals surface area contributed by atoms with Crippen molar-refractivity contribution in [2.45, 2.75) is 13.5 Å². The zero-order valence-electron chi connectivity index (χ0n) is 18.8. The highest BCUT2D eigenvalue weighted by atomic mass is 16.5. The summed E-state index contributed by atoms with van der Waals surface area (Å²) < 4.78 is 10.2. The number of amides is 1. The van der Waals surface area contributed by atoms with E-state index in [-0.39, 0.29) is 5.91 Å². The van der Waals surface area contributed by atoms with Crippen LogP contribution >= 0.6 is 0 Å². The fourth-order valence-electron chi connectivity index (χ4n) is 3.81. The molecular formula is C26H27N3O4. The van der Waals surface area contributed by atoms with E-state index in [0.717, 1.165) is 49.5 Å². The van der Waals surface area contributed by atoms with Gasteiger partial charge in [-0.05, 0) is 28.8 Å². The van der Waals surface area contributed by atoms with E-state index in [1.54, 1.807) is 6.07 Å². The first-order chi connectivity index (χ1) is 16.0. The summed E-state index contributed by atoms with van der Waals surface area (Å²) in [6, 6.07) is 19.7. The molecule has 170 valence electrons. The maximum atomic E-state index is 12.1. The number of ether oxygens (including phenoxy) is 2. The number of morpholine rings is 1. The molecule has 33 heavy (non-hydrogen) atoms. The van der Waals surface area contributed by atoms with Crippen molar-refractivity contribution in [1.29, 1.82) is 0 Å². The molecule has 0 bridgehead atoms. The molecule has 0 unspecified atom stereocenters. The molecule has 0 atom stereocenters. The van der Waals surface area contributed by atoms with Crippen molar-refractivity contribution >= 4 is 17.7 Å². The lowest BCUT2D eigenvalue weighted by Gasteiger charge is -2.26. The zero-order valence-corrected chi connectivity index (χ0v) is 18.8. The number of benzene rings is 2. The maximum absolute atomic E-state index is 12.1. The number of hydrogen-bond donors (Lipinski definition) is 1. The Morgan fingerprint density at radius 3 is 2.18 bits per heavy atom. The highest BCUT2D eigenvalue weighted by Gasteiger charge is 2.13. The summed E-state index contributed by atoms with van der Waals surface area (Å²) in [6.45, 7) is 5.87. The topological polar surface area (TPSA) is 80.8 Å². The number of carbonyl (C=O) groups excluding carboxylic acids is 2. The van der Waals surface area contributed by atoms with Crippen molar-refractivity contribution in [1.82, 2.24) is 9.88 Å². The molecule has 0 saturated carbocycles. The van der Waals surface area contributed by atoms with Crippen LogP contribution in [0.3, 0.4) is 0 Å². The Balaban J connectivity index is 1.53. The summed E-state index contributed by atoms with van der Waals surface area (Å²) in [5.74, 6) is -0.442. The SMILES string of the molecule is COC(=O)c1cc(NC(C)=O)nc(-c2ccc(-c3ccc(CN4CCOCC4)cc3)cc2)c1. The normalized spacial score (nSPS) is 14.0. The number of aromatic nitrogens is 1. The van der Waals surface area contributed by atoms with Crippen molar-refractivity contribution < 1.29 is 19.1 Å². The Morgan fingerprint density at radius 2 is 1.58 bits per heavy atom. The van der Waals surface area contributed by atoms with Crippen LogP contribution in [-0.4, -0.2) is 55.2 Å². The van der Waals surface area contributed by atoms with Gasteiger partial charge in [0.15, 0.2) is 0 Å². The second kappa shape index (κ2) is 10.4. The minimum absolute atomic E-state index is 0.261. The molecular weight excluding hydrogens is 418 g/mol. The van der Waals surface area contributed by atoms with Crippen LogP contribution in [0.2, 0.25) is 0 Å². The molecule has 2 aromatic carbocycles. The summed E-state index contributed by atoms with van der Waals surface area (Å²) in [5.41, 5.74) is 5.23. The number of nitrogens with zero attached hydrogens (tertiary/aromatic N) is 2. The molecule has 1 fully saturated rings. The Hall–Kier alpha value is -3.55. The van der Waals surface area contributed by atoms with Gasteiger partial charge in [0.1, 0.15) is 5.82 Å².